The van der Waals surface area contributed by atoms with Crippen molar-refractivity contribution in [2.45, 2.75) is 283 Å². The summed E-state index contributed by atoms with van der Waals surface area (Å²) in [6.07, 6.45) is 41.5. The van der Waals surface area contributed by atoms with Gasteiger partial charge in [-0.05, 0) is 127 Å². The van der Waals surface area contributed by atoms with E-state index in [-0.39, 0.29) is 51.1 Å². The Morgan fingerprint density at radius 2 is 1.12 bits per heavy atom. The van der Waals surface area contributed by atoms with E-state index in [0.29, 0.717) is 37.7 Å². The largest absolute Gasteiger partial charge is 0.462 e. The van der Waals surface area contributed by atoms with E-state index in [1.165, 1.54) is 89.2 Å². The maximum atomic E-state index is 17.6. The Labute approximate surface area is 481 Å². The third-order valence-corrected chi connectivity index (χ3v) is 18.5. The highest BCUT2D eigenvalue weighted by Crippen LogP contribution is 2.70. The molecule has 4 aliphatic carbocycles. The van der Waals surface area contributed by atoms with E-state index in [4.69, 9.17) is 18.9 Å². The third-order valence-electron chi connectivity index (χ3n) is 18.5. The lowest BCUT2D eigenvalue weighted by Crippen LogP contribution is -2.69. The van der Waals surface area contributed by atoms with Crippen LogP contribution in [-0.4, -0.2) is 89.0 Å². The van der Waals surface area contributed by atoms with Crippen LogP contribution in [0.4, 0.5) is 4.39 Å². The van der Waals surface area contributed by atoms with Gasteiger partial charge in [0.1, 0.15) is 18.8 Å². The molecule has 3 fully saturated rings. The van der Waals surface area contributed by atoms with Gasteiger partial charge in [-0.2, -0.15) is 0 Å². The number of aliphatic hydroxyl groups is 2. The molecule has 1 unspecified atom stereocenters. The van der Waals surface area contributed by atoms with Gasteiger partial charge >= 0.3 is 23.9 Å². The van der Waals surface area contributed by atoms with Gasteiger partial charge in [-0.3, -0.25) is 28.8 Å². The number of carbonyl (C=O) groups is 6. The summed E-state index contributed by atoms with van der Waals surface area (Å²) in [5.74, 6) is -5.70. The summed E-state index contributed by atoms with van der Waals surface area (Å²) in [6, 6.07) is 0. The van der Waals surface area contributed by atoms with E-state index in [9.17, 15) is 39.0 Å². The van der Waals surface area contributed by atoms with Crippen molar-refractivity contribution in [3.8, 4) is 0 Å². The van der Waals surface area contributed by atoms with Crippen molar-refractivity contribution in [2.24, 2.45) is 34.5 Å². The summed E-state index contributed by atoms with van der Waals surface area (Å²) in [6.45, 7) is 9.95. The number of allylic oxidation sites excluding steroid dienone is 8. The van der Waals surface area contributed by atoms with Crippen molar-refractivity contribution in [3.05, 3.63) is 48.1 Å². The molecule has 12 nitrogen and oxygen atoms in total. The fraction of sp³-hybridized carbons (Fsp3) is 0.791. The van der Waals surface area contributed by atoms with Crippen molar-refractivity contribution in [1.82, 2.24) is 0 Å². The highest BCUT2D eigenvalue weighted by atomic mass is 19.1. The fourth-order valence-electron chi connectivity index (χ4n) is 13.6. The number of carbonyl (C=O) groups excluding carboxylic acids is 6. The molecule has 454 valence electrons. The normalized spacial score (nSPS) is 26.5. The van der Waals surface area contributed by atoms with Gasteiger partial charge in [0.15, 0.2) is 24.2 Å². The van der Waals surface area contributed by atoms with Crippen molar-refractivity contribution < 1.29 is 62.3 Å². The van der Waals surface area contributed by atoms with E-state index in [2.05, 4.69) is 38.2 Å². The first-order chi connectivity index (χ1) is 38.4. The molecule has 0 spiro atoms. The fourth-order valence-corrected chi connectivity index (χ4v) is 13.6. The zero-order valence-electron chi connectivity index (χ0n) is 50.5. The maximum absolute atomic E-state index is 17.6. The second kappa shape index (κ2) is 35.9. The van der Waals surface area contributed by atoms with E-state index < -0.39 is 94.2 Å². The Morgan fingerprint density at radius 3 is 1.62 bits per heavy atom. The number of ketones is 2. The summed E-state index contributed by atoms with van der Waals surface area (Å²) in [5, 5.41) is 24.1. The molecule has 0 aromatic heterocycles. The predicted molar refractivity (Wildman–Crippen MR) is 313 cm³/mol. The minimum atomic E-state index is -2.13. The van der Waals surface area contributed by atoms with Crippen LogP contribution in [0.1, 0.15) is 260 Å². The summed E-state index contributed by atoms with van der Waals surface area (Å²) in [5.41, 5.74) is -5.96. The summed E-state index contributed by atoms with van der Waals surface area (Å²) >= 11 is 0. The van der Waals surface area contributed by atoms with Crippen LogP contribution in [-0.2, 0) is 47.7 Å². The highest BCUT2D eigenvalue weighted by molar-refractivity contribution is 6.01. The highest BCUT2D eigenvalue weighted by Gasteiger charge is 2.75. The van der Waals surface area contributed by atoms with Gasteiger partial charge < -0.3 is 29.2 Å². The molecular formula is C67H107FO12. The van der Waals surface area contributed by atoms with Gasteiger partial charge in [-0.15, -0.1) is 0 Å². The number of hydrogen-bond acceptors (Lipinski definition) is 12. The molecule has 4 aliphatic rings. The lowest BCUT2D eigenvalue weighted by Gasteiger charge is -2.62. The van der Waals surface area contributed by atoms with Crippen LogP contribution in [0.15, 0.2) is 48.1 Å². The topological polar surface area (TPSA) is 180 Å². The van der Waals surface area contributed by atoms with Crippen molar-refractivity contribution >= 4 is 35.4 Å². The van der Waals surface area contributed by atoms with Crippen LogP contribution in [0.2, 0.25) is 0 Å². The molecule has 80 heavy (non-hydrogen) atoms. The van der Waals surface area contributed by atoms with Gasteiger partial charge in [0.25, 0.3) is 0 Å². The quantitative estimate of drug-likeness (QED) is 0.0256. The molecule has 2 N–H and O–H groups in total. The number of unbranched alkanes of at least 4 members (excludes halogenated alkanes) is 22. The SMILES string of the molecule is CCCCCCCC/C=C\CCCCCCCC(=O)OCC(COC(=O)CCCCCCC/C=C\CCCCCCCC)OC(=O)CC(C)CC(=O)OCC(=O)[C@@]1(O)[C@H](C)C[C@H]2[C@@H]3CCC4=CC(=O)C=C[C@]4(C)[C@@]3(F)[C@@H](O)C[C@@]21C. The monoisotopic (exact) mass is 1120 g/mol. The Kier molecular flexibility index (Phi) is 30.7. The molecule has 13 heteroatoms. The van der Waals surface area contributed by atoms with E-state index in [1.54, 1.807) is 33.8 Å². The average molecular weight is 1120 g/mol. The Hall–Kier alpha value is -3.97. The molecule has 0 saturated heterocycles. The van der Waals surface area contributed by atoms with Gasteiger partial charge in [0, 0.05) is 42.4 Å². The molecule has 0 amide bonds. The van der Waals surface area contributed by atoms with Crippen LogP contribution in [0.3, 0.4) is 0 Å². The number of fused-ring (bicyclic) bond motifs is 5. The minimum absolute atomic E-state index is 0.204. The Balaban J connectivity index is 1.21. The number of alkyl halides is 1. The van der Waals surface area contributed by atoms with Gasteiger partial charge in [0.2, 0.25) is 5.78 Å². The maximum Gasteiger partial charge on any atom is 0.306 e. The molecular weight excluding hydrogens is 1020 g/mol. The van der Waals surface area contributed by atoms with Crippen LogP contribution in [0.5, 0.6) is 0 Å². The first kappa shape index (κ1) is 68.5. The van der Waals surface area contributed by atoms with Crippen molar-refractivity contribution in [3.63, 3.8) is 0 Å². The second-order valence-electron chi connectivity index (χ2n) is 24.9. The van der Waals surface area contributed by atoms with Crippen LogP contribution >= 0.6 is 0 Å². The van der Waals surface area contributed by atoms with Crippen LogP contribution in [0.25, 0.3) is 0 Å². The Morgan fingerprint density at radius 1 is 0.662 bits per heavy atom. The van der Waals surface area contributed by atoms with Gasteiger partial charge in [-0.1, -0.05) is 173 Å². The minimum Gasteiger partial charge on any atom is -0.462 e. The number of esters is 4. The average Bonchev–Trinajstić information content (AvgIpc) is 2.65. The number of ether oxygens (including phenoxy) is 4. The third kappa shape index (κ3) is 20.4. The molecule has 9 atom stereocenters. The van der Waals surface area contributed by atoms with E-state index >= 15 is 4.39 Å². The number of rotatable bonds is 42. The lowest BCUT2D eigenvalue weighted by molar-refractivity contribution is -0.220. The van der Waals surface area contributed by atoms with Crippen molar-refractivity contribution in [2.75, 3.05) is 19.8 Å². The van der Waals surface area contributed by atoms with E-state index in [1.807, 2.05) is 0 Å². The molecule has 0 aromatic rings. The molecule has 0 bridgehead atoms. The summed E-state index contributed by atoms with van der Waals surface area (Å²) < 4.78 is 39.9. The molecule has 0 aliphatic heterocycles. The molecule has 0 radical (unpaired) electrons. The Bertz CT molecular complexity index is 1990. The zero-order chi connectivity index (χ0) is 58.4. The molecule has 0 heterocycles. The van der Waals surface area contributed by atoms with Gasteiger partial charge in [-0.25, -0.2) is 4.39 Å². The number of halogens is 1. The molecule has 0 aromatic carbocycles. The van der Waals surface area contributed by atoms with E-state index in [0.717, 1.165) is 77.0 Å². The standard InChI is InChI=1S/C67H107FO12/c1-7-9-11-13-15-17-19-21-23-25-27-29-31-33-35-37-60(72)77-48-55(49-78-61(73)38-36-34-32-30-28-26-24-22-20-18-16-14-12-10-8-2)80-63(75)44-51(3)43-62(74)79-50-59(71)67(76)52(4)45-57-56-40-39-53-46-54(69)41-42-64(53,5)66(56,68)58(70)47-65(57,67)6/h21-24,41-42,46,51-52,55-58,70,76H,7-20,25-40,43-45,47-50H2,1-6H3/b23-21-,24-22-/t51?,52-,56+,57+,58+,64+,65+,66+,67+/m1/s1. The zero-order valence-corrected chi connectivity index (χ0v) is 50.5. The molecule has 3 saturated carbocycles. The number of hydrogen-bond donors (Lipinski definition) is 2. The molecule has 4 rings (SSSR count). The number of aliphatic hydroxyl groups excluding tert-OH is 1. The number of Topliss-reactive ketones (excluding diaryl/α,β-unsaturated/α-hetero) is 1. The van der Waals surface area contributed by atoms with Gasteiger partial charge in [0.05, 0.1) is 6.10 Å². The smallest absolute Gasteiger partial charge is 0.306 e. The summed E-state index contributed by atoms with van der Waals surface area (Å²) in [7, 11) is 0. The second-order valence-corrected chi connectivity index (χ2v) is 24.9. The van der Waals surface area contributed by atoms with Crippen LogP contribution < -0.4 is 0 Å². The predicted octanol–water partition coefficient (Wildman–Crippen LogP) is 14.9. The lowest BCUT2D eigenvalue weighted by atomic mass is 9.44. The first-order valence-electron chi connectivity index (χ1n) is 31.9. The van der Waals surface area contributed by atoms with Crippen molar-refractivity contribution in [1.29, 1.82) is 0 Å². The van der Waals surface area contributed by atoms with Crippen LogP contribution in [0, 0.1) is 34.5 Å². The summed E-state index contributed by atoms with van der Waals surface area (Å²) in [4.78, 5) is 78.5. The first-order valence-corrected chi connectivity index (χ1v) is 31.9.